The van der Waals surface area contributed by atoms with E-state index in [0.717, 1.165) is 41.4 Å². The summed E-state index contributed by atoms with van der Waals surface area (Å²) in [6.45, 7) is 12.6. The molecule has 3 rings (SSSR count). The number of hydrogen-bond donors (Lipinski definition) is 0. The van der Waals surface area contributed by atoms with Gasteiger partial charge in [-0.2, -0.15) is 0 Å². The number of carbonyl (C=O) groups is 1. The first-order valence-electron chi connectivity index (χ1n) is 10.8. The molecule has 2 aromatic carbocycles. The quantitative estimate of drug-likeness (QED) is 0.340. The second-order valence-corrected chi connectivity index (χ2v) is 7.38. The minimum atomic E-state index is -0.296. The number of nitrogens with zero attached hydrogens (tertiary/aromatic N) is 3. The van der Waals surface area contributed by atoms with Gasteiger partial charge in [0.2, 0.25) is 0 Å². The van der Waals surface area contributed by atoms with Crippen molar-refractivity contribution in [2.75, 3.05) is 24.6 Å². The van der Waals surface area contributed by atoms with E-state index in [1.54, 1.807) is 19.1 Å². The molecule has 0 amide bonds. The highest BCUT2D eigenvalue weighted by Gasteiger charge is 2.11. The Hall–Kier alpha value is -3.34. The lowest BCUT2D eigenvalue weighted by atomic mass is 10.2. The predicted molar refractivity (Wildman–Crippen MR) is 128 cm³/mol. The van der Waals surface area contributed by atoms with Gasteiger partial charge in [-0.3, -0.25) is 4.99 Å². The summed E-state index contributed by atoms with van der Waals surface area (Å²) in [6.07, 6.45) is 1.91. The normalized spacial score (nSPS) is 11.1. The summed E-state index contributed by atoms with van der Waals surface area (Å²) in [7, 11) is 0. The molecule has 0 unspecified atom stereocenters. The van der Waals surface area contributed by atoms with Gasteiger partial charge < -0.3 is 14.2 Å². The van der Waals surface area contributed by atoms with Crippen molar-refractivity contribution in [3.05, 3.63) is 77.1 Å². The van der Waals surface area contributed by atoms with Crippen molar-refractivity contribution >= 4 is 23.6 Å². The van der Waals surface area contributed by atoms with Crippen LogP contribution in [0.15, 0.2) is 59.6 Å². The van der Waals surface area contributed by atoms with Crippen LogP contribution in [-0.2, 0) is 4.74 Å². The third-order valence-electron chi connectivity index (χ3n) is 5.44. The average Bonchev–Trinajstić information content (AvgIpc) is 3.07. The van der Waals surface area contributed by atoms with E-state index in [4.69, 9.17) is 4.74 Å². The Morgan fingerprint density at radius 1 is 1.00 bits per heavy atom. The SMILES string of the molecule is CCOC(=O)c1ccc(-n2c(C)cc(C=Nc3ccc(N(CC)CC)cc3)c2C)cc1. The van der Waals surface area contributed by atoms with Crippen molar-refractivity contribution in [3.8, 4) is 5.69 Å². The summed E-state index contributed by atoms with van der Waals surface area (Å²) in [5, 5.41) is 0. The van der Waals surface area contributed by atoms with Crippen LogP contribution in [0.1, 0.15) is 48.1 Å². The largest absolute Gasteiger partial charge is 0.462 e. The van der Waals surface area contributed by atoms with E-state index < -0.39 is 0 Å². The maximum atomic E-state index is 11.9. The second-order valence-electron chi connectivity index (χ2n) is 7.38. The van der Waals surface area contributed by atoms with Gasteiger partial charge in [-0.25, -0.2) is 4.79 Å². The van der Waals surface area contributed by atoms with E-state index in [-0.39, 0.29) is 5.97 Å². The Morgan fingerprint density at radius 3 is 2.23 bits per heavy atom. The van der Waals surface area contributed by atoms with Gasteiger partial charge in [0, 0.05) is 47.6 Å². The van der Waals surface area contributed by atoms with E-state index in [0.29, 0.717) is 12.2 Å². The van der Waals surface area contributed by atoms with Gasteiger partial charge in [-0.05, 0) is 89.2 Å². The first-order chi connectivity index (χ1) is 15.0. The number of hydrogen-bond acceptors (Lipinski definition) is 4. The van der Waals surface area contributed by atoms with Crippen molar-refractivity contribution in [1.82, 2.24) is 4.57 Å². The zero-order chi connectivity index (χ0) is 22.4. The first kappa shape index (κ1) is 22.3. The molecule has 0 aliphatic rings. The van der Waals surface area contributed by atoms with Crippen LogP contribution < -0.4 is 4.90 Å². The molecule has 1 heterocycles. The third kappa shape index (κ3) is 5.05. The van der Waals surface area contributed by atoms with Crippen LogP contribution in [0.2, 0.25) is 0 Å². The highest BCUT2D eigenvalue weighted by Crippen LogP contribution is 2.23. The van der Waals surface area contributed by atoms with E-state index in [1.165, 1.54) is 5.69 Å². The molecule has 0 aliphatic carbocycles. The summed E-state index contributed by atoms with van der Waals surface area (Å²) >= 11 is 0. The Labute approximate surface area is 185 Å². The molecule has 0 bridgehead atoms. The number of rotatable bonds is 8. The van der Waals surface area contributed by atoms with Crippen molar-refractivity contribution in [3.63, 3.8) is 0 Å². The van der Waals surface area contributed by atoms with Crippen molar-refractivity contribution in [1.29, 1.82) is 0 Å². The minimum absolute atomic E-state index is 0.296. The van der Waals surface area contributed by atoms with E-state index >= 15 is 0 Å². The monoisotopic (exact) mass is 417 g/mol. The molecule has 31 heavy (non-hydrogen) atoms. The van der Waals surface area contributed by atoms with E-state index in [1.807, 2.05) is 18.3 Å². The van der Waals surface area contributed by atoms with Crippen LogP contribution in [0.5, 0.6) is 0 Å². The summed E-state index contributed by atoms with van der Waals surface area (Å²) in [6, 6.07) is 18.0. The van der Waals surface area contributed by atoms with Crippen LogP contribution in [0.4, 0.5) is 11.4 Å². The fraction of sp³-hybridized carbons (Fsp3) is 0.308. The number of aryl methyl sites for hydroxylation is 1. The van der Waals surface area contributed by atoms with Gasteiger partial charge in [-0.15, -0.1) is 0 Å². The Morgan fingerprint density at radius 2 is 1.65 bits per heavy atom. The van der Waals surface area contributed by atoms with Crippen LogP contribution in [-0.4, -0.2) is 36.4 Å². The molecular formula is C26H31N3O2. The molecule has 162 valence electrons. The number of benzene rings is 2. The van der Waals surface area contributed by atoms with Crippen LogP contribution in [0.25, 0.3) is 5.69 Å². The smallest absolute Gasteiger partial charge is 0.338 e. The van der Waals surface area contributed by atoms with Crippen molar-refractivity contribution in [2.24, 2.45) is 4.99 Å². The minimum Gasteiger partial charge on any atom is -0.462 e. The predicted octanol–water partition coefficient (Wildman–Crippen LogP) is 5.87. The van der Waals surface area contributed by atoms with Crippen LogP contribution in [0.3, 0.4) is 0 Å². The van der Waals surface area contributed by atoms with Gasteiger partial charge in [0.25, 0.3) is 0 Å². The molecule has 0 aliphatic heterocycles. The Bertz CT molecular complexity index is 1040. The molecule has 0 N–H and O–H groups in total. The second kappa shape index (κ2) is 10.1. The summed E-state index contributed by atoms with van der Waals surface area (Å²) in [5.41, 5.74) is 6.99. The van der Waals surface area contributed by atoms with Gasteiger partial charge in [0.1, 0.15) is 0 Å². The lowest BCUT2D eigenvalue weighted by molar-refractivity contribution is 0.0526. The number of ether oxygens (including phenoxy) is 1. The number of aliphatic imine (C=N–C) groups is 1. The molecule has 0 saturated heterocycles. The summed E-state index contributed by atoms with van der Waals surface area (Å²) in [5.74, 6) is -0.296. The van der Waals surface area contributed by atoms with Gasteiger partial charge >= 0.3 is 5.97 Å². The van der Waals surface area contributed by atoms with Gasteiger partial charge in [0.05, 0.1) is 17.9 Å². The molecule has 0 spiro atoms. The lowest BCUT2D eigenvalue weighted by Gasteiger charge is -2.20. The average molecular weight is 418 g/mol. The topological polar surface area (TPSA) is 46.8 Å². The van der Waals surface area contributed by atoms with Crippen molar-refractivity contribution in [2.45, 2.75) is 34.6 Å². The van der Waals surface area contributed by atoms with E-state index in [9.17, 15) is 4.79 Å². The number of aromatic nitrogens is 1. The zero-order valence-corrected chi connectivity index (χ0v) is 19.1. The molecule has 0 atom stereocenters. The maximum Gasteiger partial charge on any atom is 0.338 e. The fourth-order valence-electron chi connectivity index (χ4n) is 3.76. The zero-order valence-electron chi connectivity index (χ0n) is 19.1. The van der Waals surface area contributed by atoms with Crippen LogP contribution >= 0.6 is 0 Å². The number of carbonyl (C=O) groups excluding carboxylic acids is 1. The fourth-order valence-corrected chi connectivity index (χ4v) is 3.76. The summed E-state index contributed by atoms with van der Waals surface area (Å²) in [4.78, 5) is 18.9. The molecule has 0 fully saturated rings. The highest BCUT2D eigenvalue weighted by molar-refractivity contribution is 5.89. The Balaban J connectivity index is 1.81. The Kier molecular flexibility index (Phi) is 7.29. The van der Waals surface area contributed by atoms with Crippen molar-refractivity contribution < 1.29 is 9.53 Å². The van der Waals surface area contributed by atoms with Crippen LogP contribution in [0, 0.1) is 13.8 Å². The molecule has 3 aromatic rings. The maximum absolute atomic E-state index is 11.9. The molecule has 5 nitrogen and oxygen atoms in total. The van der Waals surface area contributed by atoms with Gasteiger partial charge in [-0.1, -0.05) is 0 Å². The standard InChI is InChI=1S/C26H31N3O2/c1-6-28(7-2)24-15-11-23(12-16-24)27-18-22-17-19(4)29(20(22)5)25-13-9-21(10-14-25)26(30)31-8-3/h9-18H,6-8H2,1-5H3. The number of esters is 1. The molecular weight excluding hydrogens is 386 g/mol. The van der Waals surface area contributed by atoms with Gasteiger partial charge in [0.15, 0.2) is 0 Å². The molecule has 0 radical (unpaired) electrons. The highest BCUT2D eigenvalue weighted by atomic mass is 16.5. The molecule has 5 heteroatoms. The number of anilines is 1. The first-order valence-corrected chi connectivity index (χ1v) is 10.8. The molecule has 1 aromatic heterocycles. The molecule has 0 saturated carbocycles. The third-order valence-corrected chi connectivity index (χ3v) is 5.44. The van der Waals surface area contributed by atoms with E-state index in [2.05, 4.69) is 72.5 Å². The lowest BCUT2D eigenvalue weighted by Crippen LogP contribution is -2.21. The summed E-state index contributed by atoms with van der Waals surface area (Å²) < 4.78 is 7.23.